The Kier molecular flexibility index (Phi) is 5.84. The largest absolute Gasteiger partial charge is 0.356 e. The number of aromatic nitrogens is 2. The third-order valence-corrected chi connectivity index (χ3v) is 4.33. The molecule has 0 unspecified atom stereocenters. The molecule has 0 aliphatic carbocycles. The maximum atomic E-state index is 12.0. The number of hydrogen-bond acceptors (Lipinski definition) is 2. The SMILES string of the molecule is CCCNC(=O)CCc1cn(-c2ccccc2)nc1-c1ccc(C)cc1. The van der Waals surface area contributed by atoms with Gasteiger partial charge in [0.15, 0.2) is 0 Å². The minimum Gasteiger partial charge on any atom is -0.356 e. The molecule has 1 N–H and O–H groups in total. The van der Waals surface area contributed by atoms with E-state index in [0.717, 1.165) is 35.5 Å². The van der Waals surface area contributed by atoms with Gasteiger partial charge in [0.25, 0.3) is 0 Å². The summed E-state index contributed by atoms with van der Waals surface area (Å²) in [5.41, 5.74) is 5.34. The zero-order chi connectivity index (χ0) is 18.4. The van der Waals surface area contributed by atoms with Gasteiger partial charge in [-0.25, -0.2) is 4.68 Å². The second-order valence-electron chi connectivity index (χ2n) is 6.50. The van der Waals surface area contributed by atoms with Crippen LogP contribution in [-0.2, 0) is 11.2 Å². The standard InChI is InChI=1S/C22H25N3O/c1-3-15-23-21(26)14-13-19-16-25(20-7-5-4-6-8-20)24-22(19)18-11-9-17(2)10-12-18/h4-12,16H,3,13-15H2,1-2H3,(H,23,26). The molecule has 0 spiro atoms. The van der Waals surface area contributed by atoms with Crippen LogP contribution in [0.25, 0.3) is 16.9 Å². The Balaban J connectivity index is 1.89. The van der Waals surface area contributed by atoms with Gasteiger partial charge in [-0.15, -0.1) is 0 Å². The van der Waals surface area contributed by atoms with Crippen LogP contribution in [0.3, 0.4) is 0 Å². The Morgan fingerprint density at radius 2 is 1.81 bits per heavy atom. The minimum atomic E-state index is 0.0918. The second-order valence-corrected chi connectivity index (χ2v) is 6.50. The van der Waals surface area contributed by atoms with E-state index in [1.807, 2.05) is 41.2 Å². The fourth-order valence-corrected chi connectivity index (χ4v) is 2.86. The van der Waals surface area contributed by atoms with Gasteiger partial charge in [-0.05, 0) is 37.5 Å². The number of amides is 1. The van der Waals surface area contributed by atoms with Gasteiger partial charge in [0, 0.05) is 24.7 Å². The Morgan fingerprint density at radius 1 is 1.08 bits per heavy atom. The van der Waals surface area contributed by atoms with Crippen LogP contribution in [0.4, 0.5) is 0 Å². The summed E-state index contributed by atoms with van der Waals surface area (Å²) in [6.07, 6.45) is 4.13. The van der Waals surface area contributed by atoms with Gasteiger partial charge in [0.2, 0.25) is 5.91 Å². The third kappa shape index (κ3) is 4.39. The lowest BCUT2D eigenvalue weighted by molar-refractivity contribution is -0.121. The normalized spacial score (nSPS) is 10.7. The number of nitrogens with one attached hydrogen (secondary N) is 1. The number of para-hydroxylation sites is 1. The Bertz CT molecular complexity index is 851. The molecule has 1 aromatic heterocycles. The number of carbonyl (C=O) groups excluding carboxylic acids is 1. The maximum absolute atomic E-state index is 12.0. The average molecular weight is 347 g/mol. The summed E-state index contributed by atoms with van der Waals surface area (Å²) in [5, 5.41) is 7.75. The van der Waals surface area contributed by atoms with Crippen molar-refractivity contribution in [1.82, 2.24) is 15.1 Å². The molecular weight excluding hydrogens is 322 g/mol. The fraction of sp³-hybridized carbons (Fsp3) is 0.273. The van der Waals surface area contributed by atoms with Gasteiger partial charge in [-0.2, -0.15) is 5.10 Å². The van der Waals surface area contributed by atoms with Crippen molar-refractivity contribution in [2.24, 2.45) is 0 Å². The Hall–Kier alpha value is -2.88. The van der Waals surface area contributed by atoms with Gasteiger partial charge in [0.05, 0.1) is 11.4 Å². The fourth-order valence-electron chi connectivity index (χ4n) is 2.86. The molecular formula is C22H25N3O. The van der Waals surface area contributed by atoms with Crippen molar-refractivity contribution in [2.75, 3.05) is 6.54 Å². The molecule has 2 aromatic carbocycles. The predicted molar refractivity (Wildman–Crippen MR) is 105 cm³/mol. The molecule has 1 heterocycles. The van der Waals surface area contributed by atoms with E-state index in [4.69, 9.17) is 5.10 Å². The topological polar surface area (TPSA) is 46.9 Å². The zero-order valence-electron chi connectivity index (χ0n) is 15.4. The summed E-state index contributed by atoms with van der Waals surface area (Å²) in [6, 6.07) is 18.4. The molecule has 0 atom stereocenters. The van der Waals surface area contributed by atoms with Crippen LogP contribution in [-0.4, -0.2) is 22.2 Å². The summed E-state index contributed by atoms with van der Waals surface area (Å²) in [7, 11) is 0. The first-order valence-electron chi connectivity index (χ1n) is 9.15. The molecule has 4 heteroatoms. The molecule has 0 aliphatic heterocycles. The van der Waals surface area contributed by atoms with E-state index in [1.165, 1.54) is 5.56 Å². The summed E-state index contributed by atoms with van der Waals surface area (Å²) in [5.74, 6) is 0.0918. The van der Waals surface area contributed by atoms with Gasteiger partial charge in [0.1, 0.15) is 0 Å². The monoisotopic (exact) mass is 347 g/mol. The first kappa shape index (κ1) is 17.9. The van der Waals surface area contributed by atoms with Crippen molar-refractivity contribution in [3.63, 3.8) is 0 Å². The van der Waals surface area contributed by atoms with Crippen LogP contribution < -0.4 is 5.32 Å². The predicted octanol–water partition coefficient (Wildman–Crippen LogP) is 4.31. The van der Waals surface area contributed by atoms with E-state index in [-0.39, 0.29) is 5.91 Å². The first-order chi connectivity index (χ1) is 12.7. The van der Waals surface area contributed by atoms with Crippen LogP contribution in [0.5, 0.6) is 0 Å². The van der Waals surface area contributed by atoms with E-state index >= 15 is 0 Å². The second kappa shape index (κ2) is 8.48. The molecule has 4 nitrogen and oxygen atoms in total. The molecule has 0 saturated carbocycles. The number of carbonyl (C=O) groups is 1. The quantitative estimate of drug-likeness (QED) is 0.692. The van der Waals surface area contributed by atoms with E-state index in [2.05, 4.69) is 43.4 Å². The van der Waals surface area contributed by atoms with Crippen LogP contribution in [0, 0.1) is 6.92 Å². The van der Waals surface area contributed by atoms with Gasteiger partial charge in [-0.3, -0.25) is 4.79 Å². The third-order valence-electron chi connectivity index (χ3n) is 4.33. The van der Waals surface area contributed by atoms with Crippen LogP contribution in [0.2, 0.25) is 0 Å². The number of aryl methyl sites for hydroxylation is 2. The van der Waals surface area contributed by atoms with Crippen LogP contribution in [0.15, 0.2) is 60.8 Å². The highest BCUT2D eigenvalue weighted by atomic mass is 16.1. The highest BCUT2D eigenvalue weighted by Crippen LogP contribution is 2.25. The van der Waals surface area contributed by atoms with Crippen molar-refractivity contribution >= 4 is 5.91 Å². The molecule has 1 amide bonds. The first-order valence-corrected chi connectivity index (χ1v) is 9.15. The average Bonchev–Trinajstić information content (AvgIpc) is 3.10. The van der Waals surface area contributed by atoms with Crippen molar-refractivity contribution in [1.29, 1.82) is 0 Å². The minimum absolute atomic E-state index is 0.0918. The van der Waals surface area contributed by atoms with Gasteiger partial charge >= 0.3 is 0 Å². The molecule has 3 aromatic rings. The summed E-state index contributed by atoms with van der Waals surface area (Å²) >= 11 is 0. The van der Waals surface area contributed by atoms with Crippen molar-refractivity contribution in [3.8, 4) is 16.9 Å². The molecule has 0 bridgehead atoms. The lowest BCUT2D eigenvalue weighted by atomic mass is 10.0. The highest BCUT2D eigenvalue weighted by Gasteiger charge is 2.13. The van der Waals surface area contributed by atoms with Gasteiger partial charge < -0.3 is 5.32 Å². The number of benzene rings is 2. The van der Waals surface area contributed by atoms with E-state index in [1.54, 1.807) is 0 Å². The van der Waals surface area contributed by atoms with E-state index in [9.17, 15) is 4.79 Å². The molecule has 134 valence electrons. The number of nitrogens with zero attached hydrogens (tertiary/aromatic N) is 2. The van der Waals surface area contributed by atoms with Crippen molar-refractivity contribution in [2.45, 2.75) is 33.1 Å². The summed E-state index contributed by atoms with van der Waals surface area (Å²) in [6.45, 7) is 4.86. The molecule has 26 heavy (non-hydrogen) atoms. The number of hydrogen-bond donors (Lipinski definition) is 1. The lowest BCUT2D eigenvalue weighted by Crippen LogP contribution is -2.24. The smallest absolute Gasteiger partial charge is 0.220 e. The Morgan fingerprint density at radius 3 is 2.50 bits per heavy atom. The van der Waals surface area contributed by atoms with Crippen LogP contribution >= 0.6 is 0 Å². The Labute approximate surface area is 154 Å². The van der Waals surface area contributed by atoms with E-state index in [0.29, 0.717) is 12.8 Å². The maximum Gasteiger partial charge on any atom is 0.220 e. The molecule has 0 saturated heterocycles. The van der Waals surface area contributed by atoms with E-state index < -0.39 is 0 Å². The summed E-state index contributed by atoms with van der Waals surface area (Å²) < 4.78 is 1.90. The summed E-state index contributed by atoms with van der Waals surface area (Å²) in [4.78, 5) is 12.0. The molecule has 3 rings (SSSR count). The zero-order valence-corrected chi connectivity index (χ0v) is 15.4. The molecule has 0 radical (unpaired) electrons. The lowest BCUT2D eigenvalue weighted by Gasteiger charge is -2.04. The van der Waals surface area contributed by atoms with Crippen LogP contribution in [0.1, 0.15) is 30.9 Å². The number of rotatable bonds is 7. The molecule has 0 fully saturated rings. The van der Waals surface area contributed by atoms with Gasteiger partial charge in [-0.1, -0.05) is 55.0 Å². The van der Waals surface area contributed by atoms with Crippen molar-refractivity contribution in [3.05, 3.63) is 71.9 Å². The van der Waals surface area contributed by atoms with Crippen molar-refractivity contribution < 1.29 is 4.79 Å². The molecule has 0 aliphatic rings. The highest BCUT2D eigenvalue weighted by molar-refractivity contribution is 5.76.